The Bertz CT molecular complexity index is 507. The Balaban J connectivity index is 1.54. The van der Waals surface area contributed by atoms with Gasteiger partial charge in [0.25, 0.3) is 0 Å². The van der Waals surface area contributed by atoms with E-state index in [1.165, 1.54) is 19.3 Å². The zero-order valence-corrected chi connectivity index (χ0v) is 14.9. The van der Waals surface area contributed by atoms with Gasteiger partial charge in [-0.15, -0.1) is 0 Å². The molecule has 0 bridgehead atoms. The predicted molar refractivity (Wildman–Crippen MR) is 87.9 cm³/mol. The average molecular weight is 321 g/mol. The fraction of sp³-hybridized carbons (Fsp3) is 0.947. The molecule has 0 aromatic carbocycles. The lowest BCUT2D eigenvalue weighted by molar-refractivity contribution is -0.146. The van der Waals surface area contributed by atoms with E-state index < -0.39 is 0 Å². The summed E-state index contributed by atoms with van der Waals surface area (Å²) < 4.78 is 12.3. The first-order chi connectivity index (χ1) is 10.9. The minimum atomic E-state index is -0.0261. The zero-order chi connectivity index (χ0) is 16.4. The Morgan fingerprint density at radius 2 is 2.17 bits per heavy atom. The monoisotopic (exact) mass is 321 g/mol. The smallest absolute Gasteiger partial charge is 0.311 e. The largest absolute Gasteiger partial charge is 0.462 e. The van der Waals surface area contributed by atoms with Crippen molar-refractivity contribution in [2.45, 2.75) is 71.2 Å². The summed E-state index contributed by atoms with van der Waals surface area (Å²) in [5.41, 5.74) is 0.216. The van der Waals surface area contributed by atoms with Crippen LogP contribution in [0.4, 0.5) is 0 Å². The van der Waals surface area contributed by atoms with Crippen LogP contribution in [-0.4, -0.2) is 36.9 Å². The molecule has 0 aromatic heterocycles. The highest BCUT2D eigenvalue weighted by atomic mass is 16.6. The van der Waals surface area contributed by atoms with E-state index in [1.807, 2.05) is 0 Å². The molecule has 4 heteroatoms. The highest BCUT2D eigenvalue weighted by Crippen LogP contribution is 2.70. The molecule has 4 fully saturated rings. The second-order valence-corrected chi connectivity index (χ2v) is 9.10. The molecular weight excluding hydrogens is 290 g/mol. The first kappa shape index (κ1) is 15.9. The standard InChI is InChI=1S/C19H31NO3/c1-11(2)9-20-10-13-15-14(22-17(13)21)8-18(4)7-5-6-12(3)19(18)16(15)23-19/h11-16,20H,5-10H2,1-4H3/t12-,13-,14+,15+,16-,18+,19-/m0/s1. The van der Waals surface area contributed by atoms with Crippen molar-refractivity contribution >= 4 is 5.97 Å². The van der Waals surface area contributed by atoms with Crippen molar-refractivity contribution in [3.63, 3.8) is 0 Å². The van der Waals surface area contributed by atoms with Crippen LogP contribution >= 0.6 is 0 Å². The number of esters is 1. The molecule has 7 atom stereocenters. The van der Waals surface area contributed by atoms with Crippen LogP contribution in [0.1, 0.15) is 53.4 Å². The topological polar surface area (TPSA) is 50.9 Å². The fourth-order valence-corrected chi connectivity index (χ4v) is 5.99. The highest BCUT2D eigenvalue weighted by Gasteiger charge is 2.78. The van der Waals surface area contributed by atoms with Crippen LogP contribution in [0.5, 0.6) is 0 Å². The van der Waals surface area contributed by atoms with Gasteiger partial charge in [-0.3, -0.25) is 4.79 Å². The average Bonchev–Trinajstić information content (AvgIpc) is 3.14. The Hall–Kier alpha value is -0.610. The first-order valence-corrected chi connectivity index (χ1v) is 9.48. The van der Waals surface area contributed by atoms with Crippen LogP contribution in [0.2, 0.25) is 0 Å². The summed E-state index contributed by atoms with van der Waals surface area (Å²) in [7, 11) is 0. The Morgan fingerprint density at radius 3 is 2.91 bits per heavy atom. The molecule has 1 N–H and O–H groups in total. The van der Waals surface area contributed by atoms with Gasteiger partial charge < -0.3 is 14.8 Å². The number of carbonyl (C=O) groups excluding carboxylic acids is 1. The lowest BCUT2D eigenvalue weighted by atomic mass is 9.53. The second-order valence-electron chi connectivity index (χ2n) is 9.10. The summed E-state index contributed by atoms with van der Waals surface area (Å²) in [4.78, 5) is 12.5. The number of fused-ring (bicyclic) bond motifs is 2. The Labute approximate surface area is 139 Å². The molecule has 0 amide bonds. The van der Waals surface area contributed by atoms with Crippen LogP contribution in [0, 0.1) is 29.1 Å². The van der Waals surface area contributed by atoms with Gasteiger partial charge in [0.1, 0.15) is 11.7 Å². The van der Waals surface area contributed by atoms with Gasteiger partial charge in [0.2, 0.25) is 0 Å². The molecule has 2 aliphatic heterocycles. The van der Waals surface area contributed by atoms with Crippen LogP contribution in [0.3, 0.4) is 0 Å². The van der Waals surface area contributed by atoms with E-state index in [9.17, 15) is 4.79 Å². The molecule has 1 spiro atoms. The van der Waals surface area contributed by atoms with E-state index >= 15 is 0 Å². The van der Waals surface area contributed by atoms with E-state index in [-0.39, 0.29) is 41.0 Å². The van der Waals surface area contributed by atoms with Crippen molar-refractivity contribution in [3.05, 3.63) is 0 Å². The van der Waals surface area contributed by atoms with E-state index in [0.717, 1.165) is 19.5 Å². The van der Waals surface area contributed by atoms with Gasteiger partial charge in [-0.1, -0.05) is 34.1 Å². The SMILES string of the molecule is CC(C)CNC[C@@H]1C(=O)O[C@@H]2C[C@@]3(C)CCC[C@H](C)[C@@]34O[C@H]4[C@H]12. The fourth-order valence-electron chi connectivity index (χ4n) is 5.99. The lowest BCUT2D eigenvalue weighted by Gasteiger charge is -2.48. The number of nitrogens with one attached hydrogen (secondary N) is 1. The van der Waals surface area contributed by atoms with Crippen molar-refractivity contribution < 1.29 is 14.3 Å². The van der Waals surface area contributed by atoms with Gasteiger partial charge in [-0.2, -0.15) is 0 Å². The number of epoxide rings is 1. The number of rotatable bonds is 4. The van der Waals surface area contributed by atoms with E-state index in [0.29, 0.717) is 11.8 Å². The minimum Gasteiger partial charge on any atom is -0.462 e. The normalized spacial score (nSPS) is 51.0. The van der Waals surface area contributed by atoms with E-state index in [4.69, 9.17) is 9.47 Å². The highest BCUT2D eigenvalue weighted by molar-refractivity contribution is 5.76. The molecule has 0 radical (unpaired) electrons. The van der Waals surface area contributed by atoms with Crippen LogP contribution in [-0.2, 0) is 14.3 Å². The molecule has 4 aliphatic rings. The molecule has 2 aliphatic carbocycles. The molecule has 23 heavy (non-hydrogen) atoms. The van der Waals surface area contributed by atoms with Crippen LogP contribution < -0.4 is 5.32 Å². The third kappa shape index (κ3) is 2.13. The molecule has 2 saturated heterocycles. The molecule has 2 heterocycles. The predicted octanol–water partition coefficient (Wildman–Crippen LogP) is 2.76. The summed E-state index contributed by atoms with van der Waals surface area (Å²) in [5, 5.41) is 3.46. The maximum atomic E-state index is 12.5. The van der Waals surface area contributed by atoms with Crippen molar-refractivity contribution in [1.29, 1.82) is 0 Å². The zero-order valence-electron chi connectivity index (χ0n) is 14.9. The summed E-state index contributed by atoms with van der Waals surface area (Å²) in [5.74, 6) is 1.43. The molecule has 130 valence electrons. The third-order valence-corrected chi connectivity index (χ3v) is 7.11. The van der Waals surface area contributed by atoms with Gasteiger partial charge in [0.15, 0.2) is 0 Å². The quantitative estimate of drug-likeness (QED) is 0.639. The molecule has 0 aromatic rings. The summed E-state index contributed by atoms with van der Waals surface area (Å²) in [6.45, 7) is 10.8. The lowest BCUT2D eigenvalue weighted by Crippen LogP contribution is -2.54. The summed E-state index contributed by atoms with van der Waals surface area (Å²) in [6.07, 6.45) is 5.05. The Kier molecular flexibility index (Phi) is 3.59. The van der Waals surface area contributed by atoms with Gasteiger partial charge in [-0.05, 0) is 37.6 Å². The Morgan fingerprint density at radius 1 is 1.39 bits per heavy atom. The van der Waals surface area contributed by atoms with E-state index in [2.05, 4.69) is 33.0 Å². The summed E-state index contributed by atoms with van der Waals surface area (Å²) >= 11 is 0. The molecule has 0 unspecified atom stereocenters. The number of hydrogen-bond acceptors (Lipinski definition) is 4. The van der Waals surface area contributed by atoms with Gasteiger partial charge in [0.05, 0.1) is 12.0 Å². The maximum absolute atomic E-state index is 12.5. The summed E-state index contributed by atoms with van der Waals surface area (Å²) in [6, 6.07) is 0. The van der Waals surface area contributed by atoms with Crippen LogP contribution in [0.15, 0.2) is 0 Å². The van der Waals surface area contributed by atoms with Gasteiger partial charge >= 0.3 is 5.97 Å². The minimum absolute atomic E-state index is 0.00296. The van der Waals surface area contributed by atoms with Gasteiger partial charge in [0, 0.05) is 17.9 Å². The number of hydrogen-bond donors (Lipinski definition) is 1. The maximum Gasteiger partial charge on any atom is 0.311 e. The number of carbonyl (C=O) groups is 1. The number of ether oxygens (including phenoxy) is 2. The first-order valence-electron chi connectivity index (χ1n) is 9.48. The van der Waals surface area contributed by atoms with Crippen molar-refractivity contribution in [2.24, 2.45) is 29.1 Å². The second kappa shape index (κ2) is 5.19. The third-order valence-electron chi connectivity index (χ3n) is 7.11. The van der Waals surface area contributed by atoms with Crippen molar-refractivity contribution in [2.75, 3.05) is 13.1 Å². The molecular formula is C19H31NO3. The molecule has 4 nitrogen and oxygen atoms in total. The van der Waals surface area contributed by atoms with E-state index in [1.54, 1.807) is 0 Å². The van der Waals surface area contributed by atoms with Crippen molar-refractivity contribution in [3.8, 4) is 0 Å². The molecule has 2 saturated carbocycles. The van der Waals surface area contributed by atoms with Gasteiger partial charge in [-0.25, -0.2) is 0 Å². The molecule has 4 rings (SSSR count). The van der Waals surface area contributed by atoms with Crippen LogP contribution in [0.25, 0.3) is 0 Å². The van der Waals surface area contributed by atoms with Crippen molar-refractivity contribution in [1.82, 2.24) is 5.32 Å².